The molecule has 0 unspecified atom stereocenters. The fourth-order valence-corrected chi connectivity index (χ4v) is 3.15. The summed E-state index contributed by atoms with van der Waals surface area (Å²) < 4.78 is 10.7. The maximum atomic E-state index is 5.92. The molecule has 0 saturated carbocycles. The highest BCUT2D eigenvalue weighted by Gasteiger charge is 2.21. The van der Waals surface area contributed by atoms with Crippen LogP contribution in [0.3, 0.4) is 0 Å². The van der Waals surface area contributed by atoms with E-state index in [0.717, 1.165) is 44.0 Å². The van der Waals surface area contributed by atoms with E-state index < -0.39 is 0 Å². The van der Waals surface area contributed by atoms with Gasteiger partial charge in [0.15, 0.2) is 5.82 Å². The van der Waals surface area contributed by atoms with Gasteiger partial charge in [-0.2, -0.15) is 9.97 Å². The average molecular weight is 389 g/mol. The fourth-order valence-electron chi connectivity index (χ4n) is 3.02. The third-order valence-corrected chi connectivity index (χ3v) is 4.83. The van der Waals surface area contributed by atoms with E-state index in [1.54, 1.807) is 0 Å². The number of hydrogen-bond donors (Lipinski definition) is 0. The Morgan fingerprint density at radius 1 is 0.889 bits per heavy atom. The lowest BCUT2D eigenvalue weighted by molar-refractivity contribution is 0.103. The standard InChI is InChI=1S/C18H21ClN6O2/c1-2-15-20-16(26-22-15)11-24-7-9-25(10-8-24)12-17-21-18(23-27-17)13-3-5-14(19)6-4-13/h3-6H,2,7-12H2,1H3. The van der Waals surface area contributed by atoms with Gasteiger partial charge in [-0.3, -0.25) is 9.80 Å². The first-order valence-electron chi connectivity index (χ1n) is 9.04. The van der Waals surface area contributed by atoms with E-state index in [2.05, 4.69) is 30.1 Å². The molecule has 9 heteroatoms. The Kier molecular flexibility index (Phi) is 5.47. The number of rotatable bonds is 6. The SMILES string of the molecule is CCc1noc(CN2CCN(Cc3nc(-c4ccc(Cl)cc4)no3)CC2)n1. The molecule has 0 spiro atoms. The van der Waals surface area contributed by atoms with Crippen LogP contribution in [0.25, 0.3) is 11.4 Å². The smallest absolute Gasteiger partial charge is 0.241 e. The van der Waals surface area contributed by atoms with Crippen molar-refractivity contribution >= 4 is 11.6 Å². The van der Waals surface area contributed by atoms with Gasteiger partial charge < -0.3 is 9.05 Å². The van der Waals surface area contributed by atoms with Crippen LogP contribution in [0.1, 0.15) is 24.5 Å². The number of nitrogens with zero attached hydrogens (tertiary/aromatic N) is 6. The van der Waals surface area contributed by atoms with Gasteiger partial charge in [-0.15, -0.1) is 0 Å². The molecule has 1 fully saturated rings. The summed E-state index contributed by atoms with van der Waals surface area (Å²) in [6.45, 7) is 7.07. The maximum absolute atomic E-state index is 5.92. The molecule has 1 saturated heterocycles. The summed E-state index contributed by atoms with van der Waals surface area (Å²) in [5.74, 6) is 2.66. The fraction of sp³-hybridized carbons (Fsp3) is 0.444. The molecular formula is C18H21ClN6O2. The molecule has 4 rings (SSSR count). The van der Waals surface area contributed by atoms with Gasteiger partial charge in [0.05, 0.1) is 13.1 Å². The molecule has 0 radical (unpaired) electrons. The summed E-state index contributed by atoms with van der Waals surface area (Å²) in [6, 6.07) is 7.41. The zero-order chi connectivity index (χ0) is 18.6. The van der Waals surface area contributed by atoms with Crippen molar-refractivity contribution < 1.29 is 9.05 Å². The summed E-state index contributed by atoms with van der Waals surface area (Å²) in [6.07, 6.45) is 0.791. The zero-order valence-corrected chi connectivity index (χ0v) is 15.9. The predicted octanol–water partition coefficient (Wildman–Crippen LogP) is 2.65. The lowest BCUT2D eigenvalue weighted by atomic mass is 10.2. The largest absolute Gasteiger partial charge is 0.338 e. The van der Waals surface area contributed by atoms with Gasteiger partial charge in [-0.25, -0.2) is 0 Å². The van der Waals surface area contributed by atoms with Crippen molar-refractivity contribution in [3.63, 3.8) is 0 Å². The Labute approximate surface area is 162 Å². The lowest BCUT2D eigenvalue weighted by Gasteiger charge is -2.32. The van der Waals surface area contributed by atoms with Crippen LogP contribution in [0.4, 0.5) is 0 Å². The summed E-state index contributed by atoms with van der Waals surface area (Å²) in [7, 11) is 0. The van der Waals surface area contributed by atoms with Crippen molar-refractivity contribution in [2.75, 3.05) is 26.2 Å². The van der Waals surface area contributed by atoms with Gasteiger partial charge in [0.25, 0.3) is 0 Å². The van der Waals surface area contributed by atoms with Gasteiger partial charge in [0.2, 0.25) is 17.6 Å². The number of piperazine rings is 1. The van der Waals surface area contributed by atoms with Crippen LogP contribution in [0, 0.1) is 0 Å². The van der Waals surface area contributed by atoms with E-state index in [9.17, 15) is 0 Å². The Morgan fingerprint density at radius 2 is 1.48 bits per heavy atom. The molecule has 1 aliphatic rings. The number of aromatic nitrogens is 4. The molecule has 0 bridgehead atoms. The number of halogens is 1. The third kappa shape index (κ3) is 4.52. The molecule has 8 nitrogen and oxygen atoms in total. The molecule has 1 aromatic carbocycles. The number of hydrogen-bond acceptors (Lipinski definition) is 8. The highest BCUT2D eigenvalue weighted by atomic mass is 35.5. The third-order valence-electron chi connectivity index (χ3n) is 4.58. The number of benzene rings is 1. The minimum absolute atomic E-state index is 0.587. The summed E-state index contributed by atoms with van der Waals surface area (Å²) in [4.78, 5) is 13.5. The van der Waals surface area contributed by atoms with Gasteiger partial charge in [0, 0.05) is 43.2 Å². The quantitative estimate of drug-likeness (QED) is 0.637. The summed E-state index contributed by atoms with van der Waals surface area (Å²) in [5.41, 5.74) is 0.894. The zero-order valence-electron chi connectivity index (χ0n) is 15.1. The lowest BCUT2D eigenvalue weighted by Crippen LogP contribution is -2.45. The molecular weight excluding hydrogens is 368 g/mol. The predicted molar refractivity (Wildman–Crippen MR) is 99.0 cm³/mol. The van der Waals surface area contributed by atoms with Crippen molar-refractivity contribution in [2.24, 2.45) is 0 Å². The van der Waals surface area contributed by atoms with Crippen molar-refractivity contribution in [3.05, 3.63) is 46.9 Å². The minimum Gasteiger partial charge on any atom is -0.338 e. The topological polar surface area (TPSA) is 84.3 Å². The Morgan fingerprint density at radius 3 is 2.07 bits per heavy atom. The van der Waals surface area contributed by atoms with Crippen molar-refractivity contribution in [2.45, 2.75) is 26.4 Å². The van der Waals surface area contributed by atoms with Crippen LogP contribution in [-0.2, 0) is 19.5 Å². The Bertz CT molecular complexity index is 870. The first-order valence-corrected chi connectivity index (χ1v) is 9.42. The molecule has 27 heavy (non-hydrogen) atoms. The highest BCUT2D eigenvalue weighted by molar-refractivity contribution is 6.30. The van der Waals surface area contributed by atoms with Gasteiger partial charge in [-0.05, 0) is 24.3 Å². The van der Waals surface area contributed by atoms with Crippen LogP contribution >= 0.6 is 11.6 Å². The summed E-state index contributed by atoms with van der Waals surface area (Å²) in [5, 5.41) is 8.70. The first kappa shape index (κ1) is 18.1. The van der Waals surface area contributed by atoms with Crippen molar-refractivity contribution in [1.82, 2.24) is 30.1 Å². The van der Waals surface area contributed by atoms with E-state index in [4.69, 9.17) is 20.6 Å². The molecule has 0 amide bonds. The van der Waals surface area contributed by atoms with E-state index in [0.29, 0.717) is 35.7 Å². The van der Waals surface area contributed by atoms with Crippen LogP contribution in [0.2, 0.25) is 5.02 Å². The van der Waals surface area contributed by atoms with E-state index in [-0.39, 0.29) is 0 Å². The van der Waals surface area contributed by atoms with Crippen molar-refractivity contribution in [3.8, 4) is 11.4 Å². The van der Waals surface area contributed by atoms with E-state index in [1.807, 2.05) is 31.2 Å². The average Bonchev–Trinajstić information content (AvgIpc) is 3.33. The molecule has 2 aromatic heterocycles. The molecule has 0 atom stereocenters. The van der Waals surface area contributed by atoms with Crippen LogP contribution in [-0.4, -0.2) is 56.3 Å². The molecule has 3 heterocycles. The van der Waals surface area contributed by atoms with Crippen LogP contribution in [0.5, 0.6) is 0 Å². The molecule has 0 aliphatic carbocycles. The van der Waals surface area contributed by atoms with Crippen molar-refractivity contribution in [1.29, 1.82) is 0 Å². The second kappa shape index (κ2) is 8.16. The van der Waals surface area contributed by atoms with Gasteiger partial charge >= 0.3 is 0 Å². The van der Waals surface area contributed by atoms with Gasteiger partial charge in [0.1, 0.15) is 0 Å². The molecule has 1 aliphatic heterocycles. The Balaban J connectivity index is 1.28. The molecule has 142 valence electrons. The van der Waals surface area contributed by atoms with E-state index in [1.165, 1.54) is 0 Å². The second-order valence-electron chi connectivity index (χ2n) is 6.53. The summed E-state index contributed by atoms with van der Waals surface area (Å²) >= 11 is 5.92. The van der Waals surface area contributed by atoms with Gasteiger partial charge in [-0.1, -0.05) is 28.8 Å². The maximum Gasteiger partial charge on any atom is 0.241 e. The van der Waals surface area contributed by atoms with Crippen LogP contribution < -0.4 is 0 Å². The number of aryl methyl sites for hydroxylation is 1. The molecule has 3 aromatic rings. The van der Waals surface area contributed by atoms with Crippen LogP contribution in [0.15, 0.2) is 33.3 Å². The highest BCUT2D eigenvalue weighted by Crippen LogP contribution is 2.19. The normalized spacial score (nSPS) is 16.1. The minimum atomic E-state index is 0.587. The monoisotopic (exact) mass is 388 g/mol. The first-order chi connectivity index (χ1) is 13.2. The molecule has 0 N–H and O–H groups in total. The van der Waals surface area contributed by atoms with E-state index >= 15 is 0 Å². The second-order valence-corrected chi connectivity index (χ2v) is 6.97. The Hall–Kier alpha value is -2.29.